The van der Waals surface area contributed by atoms with E-state index < -0.39 is 71.1 Å². The first kappa shape index (κ1) is 23.1. The van der Waals surface area contributed by atoms with Gasteiger partial charge in [-0.2, -0.15) is 36.7 Å². The summed E-state index contributed by atoms with van der Waals surface area (Å²) >= 11 is 0. The number of primary amides is 1. The van der Waals surface area contributed by atoms with Gasteiger partial charge < -0.3 is 15.6 Å². The maximum atomic E-state index is 13.6. The summed E-state index contributed by atoms with van der Waals surface area (Å²) in [5.41, 5.74) is -0.113. The van der Waals surface area contributed by atoms with E-state index in [1.165, 1.54) is 7.05 Å². The predicted molar refractivity (Wildman–Crippen MR) is 97.0 cm³/mol. The number of halogens is 6. The number of amides is 1. The molecule has 1 aromatic carbocycles. The number of benzene rings is 1. The summed E-state index contributed by atoms with van der Waals surface area (Å²) in [6.45, 7) is 0. The van der Waals surface area contributed by atoms with Crippen molar-refractivity contribution in [3.8, 4) is 6.07 Å². The molecule has 2 saturated heterocycles. The lowest BCUT2D eigenvalue weighted by Gasteiger charge is -2.37. The van der Waals surface area contributed by atoms with E-state index in [-0.39, 0.29) is 11.1 Å². The topological polar surface area (TPSA) is 114 Å². The van der Waals surface area contributed by atoms with Crippen LogP contribution in [0.2, 0.25) is 0 Å². The number of rotatable bonds is 3. The molecule has 176 valence electrons. The number of nitriles is 1. The third-order valence-corrected chi connectivity index (χ3v) is 6.17. The van der Waals surface area contributed by atoms with Crippen LogP contribution in [0.15, 0.2) is 24.4 Å². The number of fused-ring (bicyclic) bond motifs is 2. The minimum atomic E-state index is -4.92. The van der Waals surface area contributed by atoms with Gasteiger partial charge in [-0.1, -0.05) is 0 Å². The van der Waals surface area contributed by atoms with Gasteiger partial charge in [-0.15, -0.1) is 0 Å². The number of alkyl halides is 6. The average Bonchev–Trinajstić information content (AvgIpc) is 3.35. The van der Waals surface area contributed by atoms with Crippen molar-refractivity contribution in [2.24, 2.45) is 18.7 Å². The summed E-state index contributed by atoms with van der Waals surface area (Å²) < 4.78 is 87.8. The summed E-state index contributed by atoms with van der Waals surface area (Å²) in [7, 11) is 1.22. The molecule has 4 rings (SSSR count). The van der Waals surface area contributed by atoms with Crippen molar-refractivity contribution in [2.75, 3.05) is 0 Å². The van der Waals surface area contributed by atoms with Crippen LogP contribution in [0, 0.1) is 17.2 Å². The van der Waals surface area contributed by atoms with Gasteiger partial charge in [0.15, 0.2) is 5.69 Å². The van der Waals surface area contributed by atoms with Gasteiger partial charge in [0, 0.05) is 36.7 Å². The Kier molecular flexibility index (Phi) is 5.03. The van der Waals surface area contributed by atoms with Crippen molar-refractivity contribution < 1.29 is 41.0 Å². The highest BCUT2D eigenvalue weighted by Gasteiger charge is 2.68. The second kappa shape index (κ2) is 7.19. The molecule has 13 heteroatoms. The molecular formula is C20H16F6N4O3. The Hall–Kier alpha value is -3.11. The highest BCUT2D eigenvalue weighted by Crippen LogP contribution is 2.61. The minimum Gasteiger partial charge on any atom is -0.390 e. The first-order chi connectivity index (χ1) is 15.2. The van der Waals surface area contributed by atoms with Crippen molar-refractivity contribution in [1.82, 2.24) is 9.78 Å². The van der Waals surface area contributed by atoms with Crippen LogP contribution in [0.3, 0.4) is 0 Å². The van der Waals surface area contributed by atoms with Crippen LogP contribution in [0.1, 0.15) is 40.3 Å². The summed E-state index contributed by atoms with van der Waals surface area (Å²) in [6, 6.07) is 3.88. The second-order valence-corrected chi connectivity index (χ2v) is 8.12. The zero-order valence-corrected chi connectivity index (χ0v) is 16.8. The number of aliphatic hydroxyl groups is 1. The van der Waals surface area contributed by atoms with Gasteiger partial charge in [-0.25, -0.2) is 0 Å². The predicted octanol–water partition coefficient (Wildman–Crippen LogP) is 2.57. The van der Waals surface area contributed by atoms with E-state index in [2.05, 4.69) is 5.10 Å². The summed E-state index contributed by atoms with van der Waals surface area (Å²) in [6.07, 6.45) is -12.0. The molecule has 0 spiro atoms. The van der Waals surface area contributed by atoms with Gasteiger partial charge in [0.05, 0.1) is 35.3 Å². The Morgan fingerprint density at radius 3 is 2.52 bits per heavy atom. The lowest BCUT2D eigenvalue weighted by molar-refractivity contribution is -0.143. The normalized spacial score (nSPS) is 29.3. The second-order valence-electron chi connectivity index (χ2n) is 8.12. The molecule has 33 heavy (non-hydrogen) atoms. The Bertz CT molecular complexity index is 1170. The van der Waals surface area contributed by atoms with E-state index in [9.17, 15) is 41.5 Å². The van der Waals surface area contributed by atoms with E-state index in [0.717, 1.165) is 16.9 Å². The van der Waals surface area contributed by atoms with Crippen molar-refractivity contribution >= 4 is 5.91 Å². The molecule has 0 saturated carbocycles. The van der Waals surface area contributed by atoms with Crippen molar-refractivity contribution in [3.63, 3.8) is 0 Å². The molecule has 3 heterocycles. The fourth-order valence-corrected chi connectivity index (χ4v) is 5.03. The number of hydrogen-bond donors (Lipinski definition) is 2. The maximum Gasteiger partial charge on any atom is 0.435 e. The van der Waals surface area contributed by atoms with E-state index in [1.54, 1.807) is 6.07 Å². The molecule has 2 aromatic rings. The minimum absolute atomic E-state index is 0.287. The average molecular weight is 474 g/mol. The summed E-state index contributed by atoms with van der Waals surface area (Å²) in [5.74, 6) is -4.21. The smallest absolute Gasteiger partial charge is 0.390 e. The summed E-state index contributed by atoms with van der Waals surface area (Å²) in [5, 5.41) is 23.5. The zero-order valence-electron chi connectivity index (χ0n) is 16.8. The van der Waals surface area contributed by atoms with Gasteiger partial charge in [0.1, 0.15) is 5.60 Å². The van der Waals surface area contributed by atoms with E-state index in [4.69, 9.17) is 10.5 Å². The highest BCUT2D eigenvalue weighted by atomic mass is 19.4. The van der Waals surface area contributed by atoms with Gasteiger partial charge in [0.25, 0.3) is 0 Å². The largest absolute Gasteiger partial charge is 0.435 e. The van der Waals surface area contributed by atoms with Gasteiger partial charge >= 0.3 is 12.4 Å². The molecule has 2 aliphatic heterocycles. The van der Waals surface area contributed by atoms with E-state index in [1.807, 2.05) is 0 Å². The molecule has 5 unspecified atom stereocenters. The van der Waals surface area contributed by atoms with Crippen LogP contribution in [0.25, 0.3) is 0 Å². The first-order valence-corrected chi connectivity index (χ1v) is 9.58. The van der Waals surface area contributed by atoms with Crippen molar-refractivity contribution in [2.45, 2.75) is 42.5 Å². The Morgan fingerprint density at radius 2 is 1.97 bits per heavy atom. The third kappa shape index (κ3) is 3.44. The molecule has 2 bridgehead atoms. The molecule has 5 atom stereocenters. The van der Waals surface area contributed by atoms with E-state index in [0.29, 0.717) is 12.1 Å². The molecule has 0 radical (unpaired) electrons. The molecular weight excluding hydrogens is 458 g/mol. The van der Waals surface area contributed by atoms with Crippen LogP contribution in [-0.2, 0) is 34.5 Å². The molecule has 0 aliphatic carbocycles. The van der Waals surface area contributed by atoms with Crippen molar-refractivity contribution in [1.29, 1.82) is 5.26 Å². The number of ether oxygens (including phenoxy) is 1. The third-order valence-electron chi connectivity index (χ3n) is 6.17. The fourth-order valence-electron chi connectivity index (χ4n) is 5.03. The number of aromatic nitrogens is 2. The van der Waals surface area contributed by atoms with Gasteiger partial charge in [-0.05, 0) is 18.2 Å². The van der Waals surface area contributed by atoms with Crippen LogP contribution < -0.4 is 5.73 Å². The molecule has 3 N–H and O–H groups in total. The quantitative estimate of drug-likeness (QED) is 0.664. The number of carbonyl (C=O) groups is 1. The van der Waals surface area contributed by atoms with Crippen molar-refractivity contribution in [3.05, 3.63) is 52.3 Å². The standard InChI is InChI=1S/C20H16F6N4O3/c1-30-7-10(16(29-30)20(24,25)26)13-14(17(28)32)18(5-12(31)15(13)33-18)11-4-9(19(21,22)23)3-2-8(11)6-27/h2-4,7,12-15,31H,5H2,1H3,(H2,28,32). The van der Waals surface area contributed by atoms with Crippen LogP contribution >= 0.6 is 0 Å². The molecule has 1 amide bonds. The van der Waals surface area contributed by atoms with Crippen LogP contribution in [-0.4, -0.2) is 33.0 Å². The maximum absolute atomic E-state index is 13.6. The fraction of sp³-hybridized carbons (Fsp3) is 0.450. The number of aliphatic hydroxyl groups excluding tert-OH is 1. The molecule has 1 aromatic heterocycles. The van der Waals surface area contributed by atoms with Gasteiger partial charge in [0.2, 0.25) is 5.91 Å². The highest BCUT2D eigenvalue weighted by molar-refractivity contribution is 5.81. The Labute approximate surface area is 182 Å². The number of nitrogens with zero attached hydrogens (tertiary/aromatic N) is 3. The summed E-state index contributed by atoms with van der Waals surface area (Å²) in [4.78, 5) is 12.6. The van der Waals surface area contributed by atoms with Crippen LogP contribution in [0.4, 0.5) is 26.3 Å². The monoisotopic (exact) mass is 474 g/mol. The number of aryl methyl sites for hydroxylation is 1. The molecule has 2 aliphatic rings. The number of hydrogen-bond acceptors (Lipinski definition) is 5. The Morgan fingerprint density at radius 1 is 1.30 bits per heavy atom. The lowest BCUT2D eigenvalue weighted by Crippen LogP contribution is -2.47. The van der Waals surface area contributed by atoms with E-state index >= 15 is 0 Å². The number of nitrogens with two attached hydrogens (primary N) is 1. The van der Waals surface area contributed by atoms with Crippen LogP contribution in [0.5, 0.6) is 0 Å². The SMILES string of the molecule is Cn1cc(C2C3OC(c4cc(C(F)(F)F)ccc4C#N)(CC3O)C2C(N)=O)c(C(F)(F)F)n1. The lowest BCUT2D eigenvalue weighted by atomic mass is 9.64. The number of carbonyl (C=O) groups excluding carboxylic acids is 1. The molecule has 2 fully saturated rings. The Balaban J connectivity index is 1.96. The zero-order chi connectivity index (χ0) is 24.5. The molecule has 7 nitrogen and oxygen atoms in total. The first-order valence-electron chi connectivity index (χ1n) is 9.58. The van der Waals surface area contributed by atoms with Gasteiger partial charge in [-0.3, -0.25) is 9.48 Å².